The van der Waals surface area contributed by atoms with Gasteiger partial charge in [0.25, 0.3) is 5.91 Å². The Morgan fingerprint density at radius 2 is 1.67 bits per heavy atom. The first-order chi connectivity index (χ1) is 12.5. The van der Waals surface area contributed by atoms with Gasteiger partial charge in [0.05, 0.1) is 4.75 Å². The highest BCUT2D eigenvalue weighted by Crippen LogP contribution is 2.46. The molecule has 1 aromatic carbocycles. The van der Waals surface area contributed by atoms with Crippen LogP contribution in [0.1, 0.15) is 52.0 Å². The molecule has 27 heavy (non-hydrogen) atoms. The van der Waals surface area contributed by atoms with Crippen LogP contribution in [0.15, 0.2) is 30.3 Å². The second kappa shape index (κ2) is 6.51. The molecule has 1 aromatic rings. The summed E-state index contributed by atoms with van der Waals surface area (Å²) in [6.45, 7) is 5.16. The number of alkyl carbamates (subject to hydrolysis) is 1. The monoisotopic (exact) mass is 394 g/mol. The minimum absolute atomic E-state index is 0.364. The van der Waals surface area contributed by atoms with Gasteiger partial charge in [-0.05, 0) is 58.4 Å². The van der Waals surface area contributed by atoms with E-state index in [1.54, 1.807) is 20.8 Å². The number of nitrogens with one attached hydrogen (secondary N) is 2. The molecule has 0 saturated heterocycles. The molecular formula is C19H26N2O5S. The predicted molar refractivity (Wildman–Crippen MR) is 101 cm³/mol. The molecule has 0 aromatic heterocycles. The van der Waals surface area contributed by atoms with Crippen molar-refractivity contribution in [3.05, 3.63) is 35.9 Å². The van der Waals surface area contributed by atoms with Crippen LogP contribution in [-0.4, -0.2) is 36.3 Å². The van der Waals surface area contributed by atoms with Crippen LogP contribution < -0.4 is 10.0 Å². The Bertz CT molecular complexity index is 835. The van der Waals surface area contributed by atoms with Crippen LogP contribution in [0.2, 0.25) is 0 Å². The predicted octanol–water partition coefficient (Wildman–Crippen LogP) is 2.27. The van der Waals surface area contributed by atoms with E-state index in [0.29, 0.717) is 32.1 Å². The van der Waals surface area contributed by atoms with Crippen molar-refractivity contribution in [2.45, 2.75) is 68.8 Å². The first kappa shape index (κ1) is 19.7. The molecule has 8 heteroatoms. The van der Waals surface area contributed by atoms with Gasteiger partial charge in [0.2, 0.25) is 10.0 Å². The molecule has 0 aliphatic heterocycles. The van der Waals surface area contributed by atoms with Crippen LogP contribution in [-0.2, 0) is 26.0 Å². The molecule has 2 amide bonds. The molecule has 0 atom stereocenters. The molecule has 2 aliphatic rings. The smallest absolute Gasteiger partial charge is 0.408 e. The van der Waals surface area contributed by atoms with E-state index in [2.05, 4.69) is 10.0 Å². The van der Waals surface area contributed by atoms with E-state index in [9.17, 15) is 18.0 Å². The molecule has 7 nitrogen and oxygen atoms in total. The minimum atomic E-state index is -3.85. The number of benzene rings is 1. The molecule has 0 bridgehead atoms. The number of amides is 2. The Balaban J connectivity index is 1.65. The highest BCUT2D eigenvalue weighted by Gasteiger charge is 2.58. The summed E-state index contributed by atoms with van der Waals surface area (Å²) < 4.78 is 32.1. The largest absolute Gasteiger partial charge is 0.444 e. The Kier molecular flexibility index (Phi) is 4.74. The van der Waals surface area contributed by atoms with Crippen LogP contribution in [0.3, 0.4) is 0 Å². The lowest BCUT2D eigenvalue weighted by molar-refractivity contribution is -0.122. The van der Waals surface area contributed by atoms with Crippen molar-refractivity contribution in [3.63, 3.8) is 0 Å². The van der Waals surface area contributed by atoms with Crippen molar-refractivity contribution in [1.29, 1.82) is 0 Å². The van der Waals surface area contributed by atoms with E-state index in [4.69, 9.17) is 4.74 Å². The molecule has 2 fully saturated rings. The lowest BCUT2D eigenvalue weighted by atomic mass is 10.1. The number of rotatable bonds is 6. The normalized spacial score (nSPS) is 19.7. The van der Waals surface area contributed by atoms with Crippen molar-refractivity contribution in [1.82, 2.24) is 10.0 Å². The van der Waals surface area contributed by atoms with Crippen LogP contribution in [0, 0.1) is 0 Å². The molecule has 148 valence electrons. The van der Waals surface area contributed by atoms with Gasteiger partial charge in [0.1, 0.15) is 11.1 Å². The van der Waals surface area contributed by atoms with Gasteiger partial charge in [-0.1, -0.05) is 30.3 Å². The topological polar surface area (TPSA) is 102 Å². The average Bonchev–Trinajstić information content (AvgIpc) is 3.43. The van der Waals surface area contributed by atoms with Gasteiger partial charge < -0.3 is 10.1 Å². The molecule has 2 aliphatic carbocycles. The van der Waals surface area contributed by atoms with E-state index in [1.807, 2.05) is 30.3 Å². The van der Waals surface area contributed by atoms with Gasteiger partial charge in [-0.25, -0.2) is 13.2 Å². The minimum Gasteiger partial charge on any atom is -0.444 e. The quantitative estimate of drug-likeness (QED) is 0.771. The van der Waals surface area contributed by atoms with E-state index in [-0.39, 0.29) is 0 Å². The molecule has 2 N–H and O–H groups in total. The highest BCUT2D eigenvalue weighted by molar-refractivity contribution is 7.91. The lowest BCUT2D eigenvalue weighted by Gasteiger charge is -2.24. The first-order valence-electron chi connectivity index (χ1n) is 9.09. The Morgan fingerprint density at radius 1 is 1.07 bits per heavy atom. The first-order valence-corrected chi connectivity index (χ1v) is 10.6. The summed E-state index contributed by atoms with van der Waals surface area (Å²) in [5.41, 5.74) is -0.977. The van der Waals surface area contributed by atoms with Gasteiger partial charge in [-0.3, -0.25) is 9.52 Å². The number of ether oxygens (including phenoxy) is 1. The Hall–Kier alpha value is -2.09. The maximum absolute atomic E-state index is 12.8. The summed E-state index contributed by atoms with van der Waals surface area (Å²) in [4.78, 5) is 24.6. The van der Waals surface area contributed by atoms with E-state index in [1.165, 1.54) is 0 Å². The van der Waals surface area contributed by atoms with Gasteiger partial charge in [-0.15, -0.1) is 0 Å². The second-order valence-corrected chi connectivity index (χ2v) is 10.6. The van der Waals surface area contributed by atoms with Crippen LogP contribution >= 0.6 is 0 Å². The van der Waals surface area contributed by atoms with Crippen molar-refractivity contribution < 1.29 is 22.7 Å². The second-order valence-electron chi connectivity index (χ2n) is 8.49. The maximum atomic E-state index is 12.8. The summed E-state index contributed by atoms with van der Waals surface area (Å²) >= 11 is 0. The van der Waals surface area contributed by atoms with Crippen molar-refractivity contribution in [2.75, 3.05) is 0 Å². The molecular weight excluding hydrogens is 368 g/mol. The summed E-state index contributed by atoms with van der Waals surface area (Å²) in [7, 11) is -3.85. The number of sulfonamides is 1. The van der Waals surface area contributed by atoms with Gasteiger partial charge in [0, 0.05) is 0 Å². The number of carbonyl (C=O) groups excluding carboxylic acids is 2. The fourth-order valence-corrected chi connectivity index (χ4v) is 4.66. The molecule has 3 rings (SSSR count). The third-order valence-electron chi connectivity index (χ3n) is 4.90. The number of hydrogen-bond acceptors (Lipinski definition) is 5. The van der Waals surface area contributed by atoms with Crippen LogP contribution in [0.5, 0.6) is 0 Å². The van der Waals surface area contributed by atoms with Crippen molar-refractivity contribution >= 4 is 22.0 Å². The highest BCUT2D eigenvalue weighted by atomic mass is 32.2. The zero-order valence-corrected chi connectivity index (χ0v) is 16.7. The summed E-state index contributed by atoms with van der Waals surface area (Å²) in [5.74, 6) is -0.687. The van der Waals surface area contributed by atoms with Gasteiger partial charge >= 0.3 is 6.09 Å². The van der Waals surface area contributed by atoms with E-state index in [0.717, 1.165) is 5.56 Å². The number of carbonyl (C=O) groups is 2. The fraction of sp³-hybridized carbons (Fsp3) is 0.579. The van der Waals surface area contributed by atoms with Crippen LogP contribution in [0.25, 0.3) is 0 Å². The average molecular weight is 394 g/mol. The standard InChI is InChI=1S/C19H26N2O5S/c1-17(2,3)26-16(23)20-19(11-12-19)15(22)21-27(24,25)18(9-10-18)13-14-7-5-4-6-8-14/h4-8H,9-13H2,1-3H3,(H,20,23)(H,21,22). The van der Waals surface area contributed by atoms with Gasteiger partial charge in [-0.2, -0.15) is 0 Å². The van der Waals surface area contributed by atoms with Crippen LogP contribution in [0.4, 0.5) is 4.79 Å². The SMILES string of the molecule is CC(C)(C)OC(=O)NC1(C(=O)NS(=O)(=O)C2(Cc3ccccc3)CC2)CC1. The lowest BCUT2D eigenvalue weighted by Crippen LogP contribution is -2.53. The molecule has 0 radical (unpaired) electrons. The molecule has 0 heterocycles. The molecule has 0 unspecified atom stereocenters. The number of hydrogen-bond donors (Lipinski definition) is 2. The summed E-state index contributed by atoms with van der Waals surface area (Å²) in [6, 6.07) is 9.35. The zero-order valence-electron chi connectivity index (χ0n) is 15.9. The third-order valence-corrected chi connectivity index (χ3v) is 7.05. The van der Waals surface area contributed by atoms with Crippen molar-refractivity contribution in [2.24, 2.45) is 0 Å². The van der Waals surface area contributed by atoms with Crippen molar-refractivity contribution in [3.8, 4) is 0 Å². The van der Waals surface area contributed by atoms with E-state index >= 15 is 0 Å². The summed E-state index contributed by atoms with van der Waals surface area (Å²) in [6.07, 6.45) is 1.44. The summed E-state index contributed by atoms with van der Waals surface area (Å²) in [5, 5.41) is 2.53. The third kappa shape index (κ3) is 4.43. The Morgan fingerprint density at radius 3 is 2.15 bits per heavy atom. The zero-order chi connectivity index (χ0) is 19.9. The molecule has 2 saturated carbocycles. The van der Waals surface area contributed by atoms with E-state index < -0.39 is 37.9 Å². The molecule has 0 spiro atoms. The van der Waals surface area contributed by atoms with Gasteiger partial charge in [0.15, 0.2) is 0 Å². The Labute approximate surface area is 159 Å². The maximum Gasteiger partial charge on any atom is 0.408 e. The fourth-order valence-electron chi connectivity index (χ4n) is 3.01.